The summed E-state index contributed by atoms with van der Waals surface area (Å²) in [5.41, 5.74) is 7.45. The third kappa shape index (κ3) is 5.51. The van der Waals surface area contributed by atoms with Crippen LogP contribution in [0.1, 0.15) is 50.0 Å². The van der Waals surface area contributed by atoms with Gasteiger partial charge in [-0.3, -0.25) is 23.9 Å². The molecule has 0 aliphatic heterocycles. The Balaban J connectivity index is 1.37. The molecule has 12 nitrogen and oxygen atoms in total. The molecule has 3 heterocycles. The second kappa shape index (κ2) is 11.3. The van der Waals surface area contributed by atoms with Gasteiger partial charge >= 0.3 is 0 Å². The second-order valence-corrected chi connectivity index (χ2v) is 10.7. The Morgan fingerprint density at radius 3 is 2.38 bits per heavy atom. The summed E-state index contributed by atoms with van der Waals surface area (Å²) in [5, 5.41) is 10.9. The van der Waals surface area contributed by atoms with Crippen LogP contribution in [0.15, 0.2) is 76.2 Å². The van der Waals surface area contributed by atoms with Crippen LogP contribution in [0.5, 0.6) is 0 Å². The summed E-state index contributed by atoms with van der Waals surface area (Å²) >= 11 is 0. The number of fused-ring (bicyclic) bond motifs is 1. The molecule has 0 unspecified atom stereocenters. The molecule has 0 saturated heterocycles. The third-order valence-electron chi connectivity index (χ3n) is 6.98. The largest absolute Gasteiger partial charge is 0.417 e. The van der Waals surface area contributed by atoms with Gasteiger partial charge in [0.1, 0.15) is 6.54 Å². The van der Waals surface area contributed by atoms with Gasteiger partial charge in [0.05, 0.1) is 46.3 Å². The van der Waals surface area contributed by atoms with E-state index in [0.717, 1.165) is 5.52 Å². The van der Waals surface area contributed by atoms with Crippen LogP contribution in [-0.2, 0) is 16.8 Å². The summed E-state index contributed by atoms with van der Waals surface area (Å²) in [6.07, 6.45) is 3.08. The van der Waals surface area contributed by atoms with Crippen molar-refractivity contribution in [3.8, 4) is 11.3 Å². The number of benzene rings is 2. The second-order valence-electron chi connectivity index (χ2n) is 10.7. The number of Topliss-reactive ketones (excluding diaryl/α,β-unsaturated/α-hetero) is 1. The van der Waals surface area contributed by atoms with E-state index in [2.05, 4.69) is 30.5 Å². The zero-order valence-corrected chi connectivity index (χ0v) is 23.6. The fourth-order valence-corrected chi connectivity index (χ4v) is 4.47. The van der Waals surface area contributed by atoms with Gasteiger partial charge < -0.3 is 15.5 Å². The molecule has 0 aliphatic rings. The van der Waals surface area contributed by atoms with E-state index in [1.165, 1.54) is 10.8 Å². The first-order chi connectivity index (χ1) is 20.1. The zero-order chi connectivity index (χ0) is 30.0. The van der Waals surface area contributed by atoms with Crippen LogP contribution < -0.4 is 16.6 Å². The lowest BCUT2D eigenvalue weighted by molar-refractivity contribution is -0.122. The van der Waals surface area contributed by atoms with Crippen molar-refractivity contribution in [2.45, 2.75) is 45.7 Å². The van der Waals surface area contributed by atoms with E-state index < -0.39 is 28.7 Å². The van der Waals surface area contributed by atoms with Crippen molar-refractivity contribution < 1.29 is 14.0 Å². The average Bonchev–Trinajstić information content (AvgIpc) is 3.50. The van der Waals surface area contributed by atoms with E-state index in [0.29, 0.717) is 22.5 Å². The highest BCUT2D eigenvalue weighted by Gasteiger charge is 2.35. The molecule has 1 amide bonds. The maximum absolute atomic E-state index is 13.5. The lowest BCUT2D eigenvalue weighted by Crippen LogP contribution is -2.46. The molecule has 0 aliphatic carbocycles. The number of carbonyl (C=O) groups excluding carboxylic acids is 2. The Labute approximate surface area is 241 Å². The maximum atomic E-state index is 13.5. The number of aromatic nitrogens is 6. The van der Waals surface area contributed by atoms with Crippen molar-refractivity contribution in [2.75, 3.05) is 5.73 Å². The van der Waals surface area contributed by atoms with Crippen LogP contribution in [0.3, 0.4) is 0 Å². The Morgan fingerprint density at radius 2 is 1.67 bits per heavy atom. The monoisotopic (exact) mass is 566 g/mol. The number of hydrogen-bond donors (Lipinski definition) is 2. The van der Waals surface area contributed by atoms with Crippen molar-refractivity contribution in [1.29, 1.82) is 0 Å². The minimum Gasteiger partial charge on any atom is -0.417 e. The van der Waals surface area contributed by atoms with E-state index >= 15 is 0 Å². The van der Waals surface area contributed by atoms with E-state index in [-0.39, 0.29) is 30.1 Å². The number of ketones is 1. The van der Waals surface area contributed by atoms with Gasteiger partial charge in [-0.25, -0.2) is 9.97 Å². The molecule has 0 saturated carbocycles. The summed E-state index contributed by atoms with van der Waals surface area (Å²) < 4.78 is 7.08. The molecule has 5 rings (SSSR count). The smallest absolute Gasteiger partial charge is 0.294 e. The molecule has 5 aromatic rings. The van der Waals surface area contributed by atoms with Gasteiger partial charge in [-0.15, -0.1) is 10.2 Å². The molecule has 214 valence electrons. The van der Waals surface area contributed by atoms with Crippen LogP contribution in [-0.4, -0.2) is 47.4 Å². The lowest BCUT2D eigenvalue weighted by atomic mass is 9.89. The standard InChI is InChI=1S/C30H30N8O4/c1-17(2)24(35-23(39)16-38-21(14-33-26(31)28(38)41)18-10-6-5-7-11-18)25(40)27-36-37-29(42-27)30(3,4)22-15-32-19-12-8-9-13-20(19)34-22/h5-15,17,24H,16H2,1-4H3,(H2,31,33)(H,35,39)/t24-/m0/s1. The Morgan fingerprint density at radius 1 is 0.976 bits per heavy atom. The minimum atomic E-state index is -0.996. The number of amides is 1. The van der Waals surface area contributed by atoms with Gasteiger partial charge in [-0.1, -0.05) is 56.3 Å². The van der Waals surface area contributed by atoms with Gasteiger partial charge in [0.2, 0.25) is 17.6 Å². The molecule has 2 aromatic carbocycles. The molecule has 3 aromatic heterocycles. The highest BCUT2D eigenvalue weighted by atomic mass is 16.4. The number of nitrogen functional groups attached to an aromatic ring is 1. The van der Waals surface area contributed by atoms with Crippen LogP contribution in [0.4, 0.5) is 5.82 Å². The van der Waals surface area contributed by atoms with Crippen molar-refractivity contribution >= 4 is 28.5 Å². The van der Waals surface area contributed by atoms with Crippen LogP contribution >= 0.6 is 0 Å². The molecule has 0 radical (unpaired) electrons. The van der Waals surface area contributed by atoms with E-state index in [1.54, 1.807) is 44.3 Å². The van der Waals surface area contributed by atoms with Crippen molar-refractivity contribution in [3.63, 3.8) is 0 Å². The summed E-state index contributed by atoms with van der Waals surface area (Å²) in [4.78, 5) is 52.7. The highest BCUT2D eigenvalue weighted by Crippen LogP contribution is 2.30. The Hall–Kier alpha value is -5.26. The lowest BCUT2D eigenvalue weighted by Gasteiger charge is -2.21. The first kappa shape index (κ1) is 28.3. The summed E-state index contributed by atoms with van der Waals surface area (Å²) in [5.74, 6) is -1.77. The van der Waals surface area contributed by atoms with Crippen LogP contribution in [0, 0.1) is 5.92 Å². The molecule has 3 N–H and O–H groups in total. The average molecular weight is 567 g/mol. The predicted molar refractivity (Wildman–Crippen MR) is 155 cm³/mol. The van der Waals surface area contributed by atoms with E-state index in [4.69, 9.17) is 10.2 Å². The summed E-state index contributed by atoms with van der Waals surface area (Å²) in [7, 11) is 0. The van der Waals surface area contributed by atoms with Crippen LogP contribution in [0.25, 0.3) is 22.3 Å². The van der Waals surface area contributed by atoms with Crippen molar-refractivity contribution in [2.24, 2.45) is 5.92 Å². The Kier molecular flexibility index (Phi) is 7.62. The maximum Gasteiger partial charge on any atom is 0.294 e. The number of nitrogens with two attached hydrogens (primary N) is 1. The van der Waals surface area contributed by atoms with E-state index in [9.17, 15) is 14.4 Å². The summed E-state index contributed by atoms with van der Waals surface area (Å²) in [6.45, 7) is 6.87. The fraction of sp³-hybridized carbons (Fsp3) is 0.267. The molecule has 0 spiro atoms. The van der Waals surface area contributed by atoms with Crippen molar-refractivity contribution in [1.82, 2.24) is 35.0 Å². The summed E-state index contributed by atoms with van der Waals surface area (Å²) in [6, 6.07) is 15.5. The van der Waals surface area contributed by atoms with Gasteiger partial charge in [0, 0.05) is 0 Å². The molecular formula is C30H30N8O4. The van der Waals surface area contributed by atoms with Gasteiger partial charge in [-0.05, 0) is 37.5 Å². The number of para-hydroxylation sites is 2. The molecule has 0 fully saturated rings. The SMILES string of the molecule is CC(C)[C@H](NC(=O)Cn1c(-c2ccccc2)cnc(N)c1=O)C(=O)c1nnc(C(C)(C)c2cnc3ccccc3n2)o1. The van der Waals surface area contributed by atoms with Gasteiger partial charge in [-0.2, -0.15) is 0 Å². The fourth-order valence-electron chi connectivity index (χ4n) is 4.47. The predicted octanol–water partition coefficient (Wildman–Crippen LogP) is 3.17. The molecule has 0 bridgehead atoms. The normalized spacial score (nSPS) is 12.4. The molecule has 12 heteroatoms. The van der Waals surface area contributed by atoms with Gasteiger partial charge in [0.15, 0.2) is 5.82 Å². The third-order valence-corrected chi connectivity index (χ3v) is 6.98. The number of rotatable bonds is 9. The molecular weight excluding hydrogens is 536 g/mol. The van der Waals surface area contributed by atoms with E-state index in [1.807, 2.05) is 44.2 Å². The first-order valence-corrected chi connectivity index (χ1v) is 13.4. The number of nitrogens with one attached hydrogen (secondary N) is 1. The zero-order valence-electron chi connectivity index (χ0n) is 23.6. The van der Waals surface area contributed by atoms with Crippen molar-refractivity contribution in [3.05, 3.63) is 94.8 Å². The van der Waals surface area contributed by atoms with Crippen LogP contribution in [0.2, 0.25) is 0 Å². The quantitative estimate of drug-likeness (QED) is 0.252. The number of nitrogens with zero attached hydrogens (tertiary/aromatic N) is 6. The molecule has 42 heavy (non-hydrogen) atoms. The number of carbonyl (C=O) groups is 2. The molecule has 1 atom stereocenters. The minimum absolute atomic E-state index is 0.176. The van der Waals surface area contributed by atoms with Gasteiger partial charge in [0.25, 0.3) is 11.4 Å². The highest BCUT2D eigenvalue weighted by molar-refractivity contribution is 5.98. The topological polar surface area (TPSA) is 172 Å². The first-order valence-electron chi connectivity index (χ1n) is 13.4. The number of anilines is 1. The number of hydrogen-bond acceptors (Lipinski definition) is 10. The Bertz CT molecular complexity index is 1830.